The summed E-state index contributed by atoms with van der Waals surface area (Å²) in [6, 6.07) is 17.0. The number of nitrogens with one attached hydrogen (secondary N) is 2. The number of rotatable bonds is 13. The van der Waals surface area contributed by atoms with Crippen molar-refractivity contribution in [2.75, 3.05) is 0 Å². The number of para-hydroxylation sites is 1. The molecule has 2 amide bonds. The molecule has 1 aromatic heterocycles. The Hall–Kier alpha value is -3.44. The van der Waals surface area contributed by atoms with Crippen LogP contribution in [-0.4, -0.2) is 62.2 Å². The Morgan fingerprint density at radius 1 is 1.13 bits per heavy atom. The molecule has 3 rings (SSSR count). The smallest absolute Gasteiger partial charge is 0.390 e. The van der Waals surface area contributed by atoms with Crippen LogP contribution in [0.4, 0.5) is 4.79 Å². The summed E-state index contributed by atoms with van der Waals surface area (Å²) in [5.41, 5.74) is 6.97. The van der Waals surface area contributed by atoms with Crippen LogP contribution in [0.5, 0.6) is 0 Å². The molecule has 0 saturated carbocycles. The molecule has 1 heterocycles. The number of aryl methyl sites for hydroxylation is 1. The minimum atomic E-state index is -1.78. The summed E-state index contributed by atoms with van der Waals surface area (Å²) in [5, 5.41) is 25.8. The number of aromatic amines is 1. The van der Waals surface area contributed by atoms with Gasteiger partial charge in [-0.2, -0.15) is 4.89 Å². The third kappa shape index (κ3) is 7.79. The third-order valence-corrected chi connectivity index (χ3v) is 6.56. The minimum absolute atomic E-state index is 0.00915. The van der Waals surface area contributed by atoms with Gasteiger partial charge in [0.25, 0.3) is 0 Å². The monoisotopic (exact) mass is 540 g/mol. The molecule has 3 aromatic rings. The van der Waals surface area contributed by atoms with Crippen molar-refractivity contribution in [2.24, 2.45) is 5.73 Å². The summed E-state index contributed by atoms with van der Waals surface area (Å²) in [6.07, 6.45) is -1.15. The summed E-state index contributed by atoms with van der Waals surface area (Å²) in [4.78, 5) is 39.7. The highest BCUT2D eigenvalue weighted by Crippen LogP contribution is 2.27. The summed E-state index contributed by atoms with van der Waals surface area (Å²) in [6.45, 7) is 6.52. The molecular formula is C29H40N4O6. The molecule has 0 aliphatic rings. The first-order valence-corrected chi connectivity index (χ1v) is 13.1. The number of H-pyrrole nitrogens is 1. The number of benzene rings is 2. The van der Waals surface area contributed by atoms with E-state index in [0.29, 0.717) is 19.3 Å². The number of aromatic nitrogens is 1. The highest BCUT2D eigenvalue weighted by atomic mass is 17.2. The molecule has 212 valence electrons. The second-order valence-electron chi connectivity index (χ2n) is 10.8. The maximum absolute atomic E-state index is 13.5. The Kier molecular flexibility index (Phi) is 10.1. The van der Waals surface area contributed by atoms with Gasteiger partial charge >= 0.3 is 6.09 Å². The van der Waals surface area contributed by atoms with Gasteiger partial charge in [-0.15, -0.1) is 0 Å². The van der Waals surface area contributed by atoms with Crippen molar-refractivity contribution in [3.63, 3.8) is 0 Å². The standard InChI is InChI=1S/C29H40N4O6/c1-20(35)29(30,17-21-11-6-5-7-12-21)33(27(37)38-39-28(2,3)4)26(32-19-34)25(36)16-10-13-22-18-31-24-15-9-8-14-23(22)24/h5-9,11-12,14-15,18-20,25-26,31,35-36H,10,13,16-17,30H2,1-4H3,(H,32,34). The zero-order valence-electron chi connectivity index (χ0n) is 23.0. The van der Waals surface area contributed by atoms with Crippen LogP contribution in [0.3, 0.4) is 0 Å². The lowest BCUT2D eigenvalue weighted by molar-refractivity contribution is -0.310. The lowest BCUT2D eigenvalue weighted by Gasteiger charge is -2.47. The quantitative estimate of drug-likeness (QED) is 0.0965. The molecular weight excluding hydrogens is 500 g/mol. The van der Waals surface area contributed by atoms with E-state index in [2.05, 4.69) is 10.3 Å². The second-order valence-corrected chi connectivity index (χ2v) is 10.8. The van der Waals surface area contributed by atoms with E-state index in [1.165, 1.54) is 6.92 Å². The van der Waals surface area contributed by atoms with E-state index < -0.39 is 35.7 Å². The molecule has 0 fully saturated rings. The summed E-state index contributed by atoms with van der Waals surface area (Å²) >= 11 is 0. The van der Waals surface area contributed by atoms with Crippen molar-refractivity contribution in [1.29, 1.82) is 0 Å². The van der Waals surface area contributed by atoms with Crippen molar-refractivity contribution in [3.05, 3.63) is 71.9 Å². The number of hydrogen-bond acceptors (Lipinski definition) is 7. The zero-order valence-corrected chi connectivity index (χ0v) is 23.0. The van der Waals surface area contributed by atoms with Crippen LogP contribution < -0.4 is 11.1 Å². The summed E-state index contributed by atoms with van der Waals surface area (Å²) < 4.78 is 0. The Morgan fingerprint density at radius 2 is 1.79 bits per heavy atom. The number of carbonyl (C=O) groups is 2. The van der Waals surface area contributed by atoms with E-state index >= 15 is 0 Å². The Labute approximate surface area is 229 Å². The van der Waals surface area contributed by atoms with Crippen LogP contribution in [0.25, 0.3) is 10.9 Å². The van der Waals surface area contributed by atoms with Gasteiger partial charge < -0.3 is 26.2 Å². The van der Waals surface area contributed by atoms with Gasteiger partial charge in [0.2, 0.25) is 6.41 Å². The molecule has 0 aliphatic carbocycles. The molecule has 0 aliphatic heterocycles. The van der Waals surface area contributed by atoms with Crippen LogP contribution in [0, 0.1) is 0 Å². The molecule has 0 spiro atoms. The van der Waals surface area contributed by atoms with Crippen molar-refractivity contribution in [2.45, 2.75) is 83.0 Å². The number of aliphatic hydroxyl groups excluding tert-OH is 2. The molecule has 39 heavy (non-hydrogen) atoms. The molecule has 4 unspecified atom stereocenters. The first-order valence-electron chi connectivity index (χ1n) is 13.1. The molecule has 0 radical (unpaired) electrons. The van der Waals surface area contributed by atoms with E-state index in [9.17, 15) is 19.8 Å². The van der Waals surface area contributed by atoms with Crippen LogP contribution >= 0.6 is 0 Å². The SMILES string of the molecule is CC(O)C(N)(Cc1ccccc1)N(C(=O)OOC(C)(C)C)C(NC=O)C(O)CCCc1c[nH]c2ccccc12. The Balaban J connectivity index is 1.88. The van der Waals surface area contributed by atoms with E-state index in [0.717, 1.165) is 26.9 Å². The molecule has 10 nitrogen and oxygen atoms in total. The highest BCUT2D eigenvalue weighted by molar-refractivity contribution is 5.83. The van der Waals surface area contributed by atoms with Gasteiger partial charge in [0, 0.05) is 23.5 Å². The molecule has 10 heteroatoms. The van der Waals surface area contributed by atoms with E-state index in [1.807, 2.05) is 48.7 Å². The normalized spacial score (nSPS) is 15.7. The molecule has 0 bridgehead atoms. The maximum Gasteiger partial charge on any atom is 0.444 e. The van der Waals surface area contributed by atoms with Gasteiger partial charge in [-0.1, -0.05) is 48.5 Å². The van der Waals surface area contributed by atoms with Gasteiger partial charge in [-0.05, 0) is 64.2 Å². The number of nitrogens with zero attached hydrogens (tertiary/aromatic N) is 1. The fourth-order valence-electron chi connectivity index (χ4n) is 4.53. The number of fused-ring (bicyclic) bond motifs is 1. The maximum atomic E-state index is 13.5. The van der Waals surface area contributed by atoms with Crippen LogP contribution in [0.1, 0.15) is 51.7 Å². The van der Waals surface area contributed by atoms with Crippen LogP contribution in [0.15, 0.2) is 60.8 Å². The van der Waals surface area contributed by atoms with E-state index in [-0.39, 0.29) is 12.8 Å². The van der Waals surface area contributed by atoms with E-state index in [4.69, 9.17) is 15.5 Å². The van der Waals surface area contributed by atoms with Gasteiger partial charge in [-0.25, -0.2) is 4.79 Å². The fourth-order valence-corrected chi connectivity index (χ4v) is 4.53. The topological polar surface area (TPSA) is 150 Å². The number of carbonyl (C=O) groups excluding carboxylic acids is 2. The lowest BCUT2D eigenvalue weighted by atomic mass is 9.92. The first-order chi connectivity index (χ1) is 18.5. The Bertz CT molecular complexity index is 1210. The average molecular weight is 541 g/mol. The molecule has 6 N–H and O–H groups in total. The Morgan fingerprint density at radius 3 is 2.44 bits per heavy atom. The van der Waals surface area contributed by atoms with Crippen molar-refractivity contribution >= 4 is 23.4 Å². The fraction of sp³-hybridized carbons (Fsp3) is 0.448. The van der Waals surface area contributed by atoms with Gasteiger partial charge in [0.05, 0.1) is 12.2 Å². The number of aliphatic hydroxyl groups is 2. The van der Waals surface area contributed by atoms with Gasteiger partial charge in [0.15, 0.2) is 0 Å². The first kappa shape index (κ1) is 30.1. The number of amides is 2. The molecule has 2 aromatic carbocycles. The van der Waals surface area contributed by atoms with Gasteiger partial charge in [0.1, 0.15) is 17.4 Å². The lowest BCUT2D eigenvalue weighted by Crippen LogP contribution is -2.72. The van der Waals surface area contributed by atoms with Crippen molar-refractivity contribution < 1.29 is 29.6 Å². The number of hydrogen-bond donors (Lipinski definition) is 5. The summed E-state index contributed by atoms with van der Waals surface area (Å²) in [7, 11) is 0. The van der Waals surface area contributed by atoms with Crippen molar-refractivity contribution in [1.82, 2.24) is 15.2 Å². The second kappa shape index (κ2) is 13.1. The van der Waals surface area contributed by atoms with E-state index in [1.54, 1.807) is 32.9 Å². The highest BCUT2D eigenvalue weighted by Gasteiger charge is 2.48. The summed E-state index contributed by atoms with van der Waals surface area (Å²) in [5.74, 6) is 0. The largest absolute Gasteiger partial charge is 0.444 e. The van der Waals surface area contributed by atoms with Gasteiger partial charge in [-0.3, -0.25) is 14.6 Å². The molecule has 4 atom stereocenters. The third-order valence-electron chi connectivity index (χ3n) is 6.56. The minimum Gasteiger partial charge on any atom is -0.390 e. The predicted octanol–water partition coefficient (Wildman–Crippen LogP) is 3.37. The number of nitrogens with two attached hydrogens (primary N) is 1. The average Bonchev–Trinajstić information content (AvgIpc) is 3.30. The predicted molar refractivity (Wildman–Crippen MR) is 148 cm³/mol. The van der Waals surface area contributed by atoms with Crippen LogP contribution in [0.2, 0.25) is 0 Å². The molecule has 0 saturated heterocycles. The van der Waals surface area contributed by atoms with Crippen molar-refractivity contribution in [3.8, 4) is 0 Å². The van der Waals surface area contributed by atoms with Crippen LogP contribution in [-0.2, 0) is 27.4 Å². The zero-order chi connectivity index (χ0) is 28.6.